The van der Waals surface area contributed by atoms with Crippen molar-refractivity contribution in [3.8, 4) is 0 Å². The van der Waals surface area contributed by atoms with Gasteiger partial charge in [0.1, 0.15) is 0 Å². The molecule has 0 aromatic rings. The Kier molecular flexibility index (Phi) is 14.6. The SMILES string of the molecule is CCCCCCCC/C(C)=C(/C)CCCCCCCC(=O)[O-]. The van der Waals surface area contributed by atoms with Crippen molar-refractivity contribution in [2.45, 2.75) is 111 Å². The van der Waals surface area contributed by atoms with E-state index < -0.39 is 5.97 Å². The third-order valence-electron chi connectivity index (χ3n) is 4.57. The van der Waals surface area contributed by atoms with E-state index in [1.165, 1.54) is 64.2 Å². The lowest BCUT2D eigenvalue weighted by Crippen LogP contribution is -2.21. The van der Waals surface area contributed by atoms with Crippen molar-refractivity contribution in [1.29, 1.82) is 0 Å². The molecule has 0 bridgehead atoms. The Balaban J connectivity index is 3.53. The summed E-state index contributed by atoms with van der Waals surface area (Å²) in [6, 6.07) is 0. The van der Waals surface area contributed by atoms with Crippen molar-refractivity contribution in [2.75, 3.05) is 0 Å². The first-order chi connectivity index (χ1) is 10.6. The van der Waals surface area contributed by atoms with Crippen LogP contribution in [-0.2, 0) is 4.79 Å². The Bertz CT molecular complexity index is 305. The van der Waals surface area contributed by atoms with Gasteiger partial charge in [-0.25, -0.2) is 0 Å². The quantitative estimate of drug-likeness (QED) is 0.294. The summed E-state index contributed by atoms with van der Waals surface area (Å²) in [5.41, 5.74) is 3.16. The van der Waals surface area contributed by atoms with Gasteiger partial charge in [0, 0.05) is 5.97 Å². The van der Waals surface area contributed by atoms with Gasteiger partial charge >= 0.3 is 0 Å². The Hall–Kier alpha value is -0.790. The molecule has 0 saturated carbocycles. The molecule has 0 spiro atoms. The molecule has 0 aliphatic heterocycles. The van der Waals surface area contributed by atoms with E-state index in [1.54, 1.807) is 11.1 Å². The highest BCUT2D eigenvalue weighted by atomic mass is 16.4. The van der Waals surface area contributed by atoms with Crippen LogP contribution >= 0.6 is 0 Å². The van der Waals surface area contributed by atoms with Gasteiger partial charge in [-0.05, 0) is 52.4 Å². The molecule has 0 rings (SSSR count). The highest BCUT2D eigenvalue weighted by Crippen LogP contribution is 2.19. The van der Waals surface area contributed by atoms with Crippen LogP contribution in [0.2, 0.25) is 0 Å². The van der Waals surface area contributed by atoms with Crippen molar-refractivity contribution in [2.24, 2.45) is 0 Å². The van der Waals surface area contributed by atoms with E-state index in [0.29, 0.717) is 0 Å². The molecule has 0 heterocycles. The van der Waals surface area contributed by atoms with E-state index in [2.05, 4.69) is 20.8 Å². The maximum absolute atomic E-state index is 10.3. The zero-order chi connectivity index (χ0) is 16.6. The number of carbonyl (C=O) groups excluding carboxylic acids is 1. The first-order valence-corrected chi connectivity index (χ1v) is 9.43. The average Bonchev–Trinajstić information content (AvgIpc) is 2.49. The van der Waals surface area contributed by atoms with Crippen molar-refractivity contribution in [3.63, 3.8) is 0 Å². The number of rotatable bonds is 15. The van der Waals surface area contributed by atoms with Gasteiger partial charge in [-0.15, -0.1) is 0 Å². The van der Waals surface area contributed by atoms with Crippen LogP contribution in [0.15, 0.2) is 11.1 Å². The number of aliphatic carboxylic acids is 1. The summed E-state index contributed by atoms with van der Waals surface area (Å²) in [5.74, 6) is -0.913. The smallest absolute Gasteiger partial charge is 0.0414 e. The van der Waals surface area contributed by atoms with Crippen LogP contribution in [0.5, 0.6) is 0 Å². The lowest BCUT2D eigenvalue weighted by molar-refractivity contribution is -0.305. The molecule has 0 aliphatic carbocycles. The Morgan fingerprint density at radius 2 is 1.00 bits per heavy atom. The maximum Gasteiger partial charge on any atom is 0.0414 e. The molecule has 0 fully saturated rings. The Morgan fingerprint density at radius 3 is 1.41 bits per heavy atom. The van der Waals surface area contributed by atoms with Crippen molar-refractivity contribution in [1.82, 2.24) is 0 Å². The second-order valence-corrected chi connectivity index (χ2v) is 6.72. The first kappa shape index (κ1) is 21.2. The molecule has 0 N–H and O–H groups in total. The van der Waals surface area contributed by atoms with Crippen molar-refractivity contribution >= 4 is 5.97 Å². The largest absolute Gasteiger partial charge is 0.550 e. The fourth-order valence-corrected chi connectivity index (χ4v) is 2.79. The van der Waals surface area contributed by atoms with Crippen LogP contribution in [0.4, 0.5) is 0 Å². The van der Waals surface area contributed by atoms with Crippen LogP contribution in [0, 0.1) is 0 Å². The summed E-state index contributed by atoms with van der Waals surface area (Å²) >= 11 is 0. The maximum atomic E-state index is 10.3. The van der Waals surface area contributed by atoms with E-state index in [4.69, 9.17) is 0 Å². The number of unbranched alkanes of at least 4 members (excludes halogenated alkanes) is 9. The van der Waals surface area contributed by atoms with Gasteiger partial charge in [0.2, 0.25) is 0 Å². The highest BCUT2D eigenvalue weighted by molar-refractivity contribution is 5.63. The fraction of sp³-hybridized carbons (Fsp3) is 0.850. The van der Waals surface area contributed by atoms with E-state index in [1.807, 2.05) is 0 Å². The average molecular weight is 310 g/mol. The second kappa shape index (κ2) is 15.1. The molecule has 0 aliphatic rings. The van der Waals surface area contributed by atoms with Crippen LogP contribution in [0.25, 0.3) is 0 Å². The third kappa shape index (κ3) is 14.2. The summed E-state index contributed by atoms with van der Waals surface area (Å²) in [4.78, 5) is 10.3. The third-order valence-corrected chi connectivity index (χ3v) is 4.57. The van der Waals surface area contributed by atoms with E-state index in [-0.39, 0.29) is 6.42 Å². The summed E-state index contributed by atoms with van der Waals surface area (Å²) in [6.45, 7) is 6.84. The molecule has 2 heteroatoms. The predicted octanol–water partition coefficient (Wildman–Crippen LogP) is 5.55. The minimum Gasteiger partial charge on any atom is -0.550 e. The number of hydrogen-bond acceptors (Lipinski definition) is 2. The zero-order valence-electron chi connectivity index (χ0n) is 15.2. The summed E-state index contributed by atoms with van der Waals surface area (Å²) in [7, 11) is 0. The van der Waals surface area contributed by atoms with Crippen LogP contribution in [-0.4, -0.2) is 5.97 Å². The molecule has 22 heavy (non-hydrogen) atoms. The standard InChI is InChI=1S/C20H38O2/c1-4-5-6-7-9-12-15-18(2)19(3)16-13-10-8-11-14-17-20(21)22/h4-17H2,1-3H3,(H,21,22)/p-1/b19-18-. The molecular formula is C20H37O2-. The number of carboxylic acid groups (broad SMARTS) is 1. The van der Waals surface area contributed by atoms with E-state index >= 15 is 0 Å². The zero-order valence-corrected chi connectivity index (χ0v) is 15.2. The monoisotopic (exact) mass is 309 g/mol. The lowest BCUT2D eigenvalue weighted by Gasteiger charge is -2.08. The lowest BCUT2D eigenvalue weighted by atomic mass is 9.98. The van der Waals surface area contributed by atoms with Crippen molar-refractivity contribution < 1.29 is 9.90 Å². The van der Waals surface area contributed by atoms with Gasteiger partial charge in [-0.1, -0.05) is 69.4 Å². The molecule has 0 atom stereocenters. The van der Waals surface area contributed by atoms with Crippen LogP contribution in [0.3, 0.4) is 0 Å². The molecule has 130 valence electrons. The van der Waals surface area contributed by atoms with Crippen LogP contribution in [0.1, 0.15) is 111 Å². The molecule has 0 unspecified atom stereocenters. The summed E-state index contributed by atoms with van der Waals surface area (Å²) in [5, 5.41) is 10.3. The molecule has 0 radical (unpaired) electrons. The molecular weight excluding hydrogens is 272 g/mol. The Morgan fingerprint density at radius 1 is 0.636 bits per heavy atom. The molecule has 0 aromatic carbocycles. The van der Waals surface area contributed by atoms with Crippen molar-refractivity contribution in [3.05, 3.63) is 11.1 Å². The van der Waals surface area contributed by atoms with Gasteiger partial charge in [0.15, 0.2) is 0 Å². The fourth-order valence-electron chi connectivity index (χ4n) is 2.79. The van der Waals surface area contributed by atoms with Gasteiger partial charge in [-0.2, -0.15) is 0 Å². The second-order valence-electron chi connectivity index (χ2n) is 6.72. The summed E-state index contributed by atoms with van der Waals surface area (Å²) < 4.78 is 0. The van der Waals surface area contributed by atoms with Gasteiger partial charge < -0.3 is 9.90 Å². The van der Waals surface area contributed by atoms with E-state index in [9.17, 15) is 9.90 Å². The van der Waals surface area contributed by atoms with Gasteiger partial charge in [0.05, 0.1) is 0 Å². The molecule has 0 saturated heterocycles. The molecule has 0 aromatic heterocycles. The number of hydrogen-bond donors (Lipinski definition) is 0. The van der Waals surface area contributed by atoms with Gasteiger partial charge in [0.25, 0.3) is 0 Å². The van der Waals surface area contributed by atoms with E-state index in [0.717, 1.165) is 19.3 Å². The topological polar surface area (TPSA) is 40.1 Å². The number of carboxylic acids is 1. The highest BCUT2D eigenvalue weighted by Gasteiger charge is 1.99. The number of carbonyl (C=O) groups is 1. The normalized spacial score (nSPS) is 12.3. The minimum atomic E-state index is -0.913. The minimum absolute atomic E-state index is 0.219. The van der Waals surface area contributed by atoms with Crippen LogP contribution < -0.4 is 5.11 Å². The van der Waals surface area contributed by atoms with Gasteiger partial charge in [-0.3, -0.25) is 0 Å². The Labute approximate surface area is 138 Å². The predicted molar refractivity (Wildman–Crippen MR) is 93.7 cm³/mol. The first-order valence-electron chi connectivity index (χ1n) is 9.43. The molecule has 2 nitrogen and oxygen atoms in total. The summed E-state index contributed by atoms with van der Waals surface area (Å²) in [6.07, 6.45) is 16.3. The molecule has 0 amide bonds. The number of allylic oxidation sites excluding steroid dienone is 2.